The lowest BCUT2D eigenvalue weighted by Crippen LogP contribution is -2.47. The largest absolute Gasteiger partial charge is 0.373 e. The summed E-state index contributed by atoms with van der Waals surface area (Å²) in [4.78, 5) is 44.8. The van der Waals surface area contributed by atoms with Gasteiger partial charge in [-0.15, -0.1) is 0 Å². The molecule has 6 rings (SSSR count). The van der Waals surface area contributed by atoms with Gasteiger partial charge < -0.3 is 30.0 Å². The quantitative estimate of drug-likeness (QED) is 0.121. The van der Waals surface area contributed by atoms with Gasteiger partial charge in [0.15, 0.2) is 5.69 Å². The molecule has 4 aromatic rings. The summed E-state index contributed by atoms with van der Waals surface area (Å²) >= 11 is 0. The van der Waals surface area contributed by atoms with Crippen LogP contribution in [-0.4, -0.2) is 61.8 Å². The van der Waals surface area contributed by atoms with Crippen LogP contribution in [0.3, 0.4) is 0 Å². The van der Waals surface area contributed by atoms with Crippen molar-refractivity contribution in [2.24, 2.45) is 5.92 Å². The second-order valence-corrected chi connectivity index (χ2v) is 14.0. The predicted octanol–water partition coefficient (Wildman–Crippen LogP) is 5.56. The van der Waals surface area contributed by atoms with E-state index in [-0.39, 0.29) is 48.0 Å². The molecule has 3 N–H and O–H groups in total. The van der Waals surface area contributed by atoms with Gasteiger partial charge in [-0.2, -0.15) is 5.10 Å². The molecule has 12 heteroatoms. The van der Waals surface area contributed by atoms with Crippen molar-refractivity contribution in [1.29, 1.82) is 0 Å². The van der Waals surface area contributed by atoms with E-state index in [1.807, 2.05) is 71.4 Å². The molecule has 2 aliphatic carbocycles. The van der Waals surface area contributed by atoms with Crippen LogP contribution in [0, 0.1) is 5.92 Å². The Morgan fingerprint density at radius 1 is 0.830 bits per heavy atom. The van der Waals surface area contributed by atoms with Crippen LogP contribution in [0.15, 0.2) is 97.7 Å². The number of benzene rings is 2. The van der Waals surface area contributed by atoms with Crippen LogP contribution in [0.5, 0.6) is 0 Å². The van der Waals surface area contributed by atoms with Crippen LogP contribution in [0.1, 0.15) is 89.9 Å². The number of hydrogen-bond donors (Lipinski definition) is 3. The molecule has 3 amide bonds. The number of nitrogens with one attached hydrogen (secondary N) is 3. The maximum absolute atomic E-state index is 13.9. The van der Waals surface area contributed by atoms with Crippen LogP contribution in [0.25, 0.3) is 0 Å². The van der Waals surface area contributed by atoms with Gasteiger partial charge in [0, 0.05) is 43.2 Å². The van der Waals surface area contributed by atoms with Crippen molar-refractivity contribution in [1.82, 2.24) is 35.3 Å². The van der Waals surface area contributed by atoms with Crippen molar-refractivity contribution in [3.63, 3.8) is 0 Å². The Labute approximate surface area is 311 Å². The van der Waals surface area contributed by atoms with Gasteiger partial charge in [-0.1, -0.05) is 92.9 Å². The molecule has 2 heterocycles. The van der Waals surface area contributed by atoms with E-state index in [1.54, 1.807) is 12.5 Å². The second-order valence-electron chi connectivity index (χ2n) is 14.0. The molecule has 0 spiro atoms. The van der Waals surface area contributed by atoms with E-state index in [0.717, 1.165) is 62.5 Å². The minimum Gasteiger partial charge on any atom is -0.373 e. The summed E-state index contributed by atoms with van der Waals surface area (Å²) in [6.45, 7) is 6.06. The summed E-state index contributed by atoms with van der Waals surface area (Å²) in [5.41, 5.74) is 2.87. The van der Waals surface area contributed by atoms with Crippen molar-refractivity contribution in [2.45, 2.75) is 102 Å². The monoisotopic (exact) mass is 721 g/mol. The van der Waals surface area contributed by atoms with Gasteiger partial charge in [-0.25, -0.2) is 9.67 Å². The highest BCUT2D eigenvalue weighted by Crippen LogP contribution is 2.31. The average molecular weight is 722 g/mol. The van der Waals surface area contributed by atoms with Crippen LogP contribution < -0.4 is 16.0 Å². The maximum Gasteiger partial charge on any atom is 0.273 e. The summed E-state index contributed by atoms with van der Waals surface area (Å²) < 4.78 is 15.9. The number of aryl methyl sites for hydroxylation is 1. The fraction of sp³-hybridized carbons (Fsp3) is 0.439. The maximum atomic E-state index is 13.9. The Morgan fingerprint density at radius 3 is 2.19 bits per heavy atom. The number of hydrogen-bond acceptors (Lipinski definition) is 7. The van der Waals surface area contributed by atoms with Crippen molar-refractivity contribution < 1.29 is 23.9 Å². The predicted molar refractivity (Wildman–Crippen MR) is 200 cm³/mol. The zero-order chi connectivity index (χ0) is 36.8. The molecule has 53 heavy (non-hydrogen) atoms. The van der Waals surface area contributed by atoms with Gasteiger partial charge in [0.05, 0.1) is 37.8 Å². The number of aromatic nitrogens is 4. The summed E-state index contributed by atoms with van der Waals surface area (Å²) in [5.74, 6) is -1.29. The van der Waals surface area contributed by atoms with E-state index in [2.05, 4.69) is 32.6 Å². The number of amides is 3. The molecule has 12 nitrogen and oxygen atoms in total. The Hall–Kier alpha value is -5.07. The molecule has 280 valence electrons. The van der Waals surface area contributed by atoms with Crippen LogP contribution in [0.2, 0.25) is 0 Å². The molecular weight excluding hydrogens is 670 g/mol. The number of imidazole rings is 1. The zero-order valence-electron chi connectivity index (χ0n) is 30.3. The van der Waals surface area contributed by atoms with Crippen LogP contribution in [-0.2, 0) is 40.6 Å². The lowest BCUT2D eigenvalue weighted by atomic mass is 9.84. The Balaban J connectivity index is 1.12. The molecule has 4 atom stereocenters. The van der Waals surface area contributed by atoms with E-state index in [1.165, 1.54) is 10.7 Å². The van der Waals surface area contributed by atoms with E-state index in [4.69, 9.17) is 9.47 Å². The molecule has 0 unspecified atom stereocenters. The van der Waals surface area contributed by atoms with E-state index in [9.17, 15) is 14.4 Å². The highest BCUT2D eigenvalue weighted by Gasteiger charge is 2.31. The van der Waals surface area contributed by atoms with Gasteiger partial charge in [-0.05, 0) is 43.2 Å². The van der Waals surface area contributed by atoms with Gasteiger partial charge in [0.2, 0.25) is 5.91 Å². The normalized spacial score (nSPS) is 20.0. The highest BCUT2D eigenvalue weighted by atomic mass is 16.5. The summed E-state index contributed by atoms with van der Waals surface area (Å²) in [6, 6.07) is 21.3. The van der Waals surface area contributed by atoms with Crippen molar-refractivity contribution in [3.8, 4) is 0 Å². The third-order valence-corrected chi connectivity index (χ3v) is 10.1. The van der Waals surface area contributed by atoms with Crippen molar-refractivity contribution in [2.75, 3.05) is 6.54 Å². The first-order valence-corrected chi connectivity index (χ1v) is 18.9. The van der Waals surface area contributed by atoms with E-state index in [0.29, 0.717) is 38.4 Å². The smallest absolute Gasteiger partial charge is 0.273 e. The molecule has 0 aliphatic heterocycles. The third kappa shape index (κ3) is 11.0. The van der Waals surface area contributed by atoms with Crippen LogP contribution in [0.4, 0.5) is 0 Å². The molecule has 0 saturated heterocycles. The zero-order valence-corrected chi connectivity index (χ0v) is 30.3. The minimum atomic E-state index is -0.483. The molecule has 2 aliphatic rings. The van der Waals surface area contributed by atoms with E-state index >= 15 is 0 Å². The standard InChI is InChI=1S/C41H51N7O5/c1-30(33-17-8-10-19-37(33)52-27-31-13-4-2-5-14-31)44-41(51)36-25-35(40(50)43-21-12-23-47-24-22-42-29-47)46-48(36)26-39(49)45-34-18-9-11-20-38(34)53-28-32-15-6-3-7-16-32/h2-7,13-16,22,24-25,29,33-34,37-38H,1,8-12,17-21,23,26-28H2,(H,43,50)(H,44,51)(H,45,49)/t33-,34+,37+,38+/m1/s1. The topological polar surface area (TPSA) is 141 Å². The number of carbonyl (C=O) groups is 3. The van der Waals surface area contributed by atoms with Gasteiger partial charge in [0.25, 0.3) is 11.8 Å². The molecule has 0 bridgehead atoms. The highest BCUT2D eigenvalue weighted by molar-refractivity contribution is 5.98. The third-order valence-electron chi connectivity index (χ3n) is 10.1. The molecule has 2 aromatic carbocycles. The molecule has 0 radical (unpaired) electrons. The number of ether oxygens (including phenoxy) is 2. The Kier molecular flexibility index (Phi) is 13.6. The second kappa shape index (κ2) is 19.1. The van der Waals surface area contributed by atoms with Gasteiger partial charge in [0.1, 0.15) is 12.2 Å². The SMILES string of the molecule is C=C(NC(=O)c1cc(C(=O)NCCCn2ccnc2)nn1CC(=O)N[C@H]1CCCC[C@@H]1OCc1ccccc1)[C@H]1CCCC[C@@H]1OCc1ccccc1. The number of nitrogens with zero attached hydrogens (tertiary/aromatic N) is 4. The van der Waals surface area contributed by atoms with Gasteiger partial charge in [-0.3, -0.25) is 14.4 Å². The fourth-order valence-electron chi connectivity index (χ4n) is 7.21. The summed E-state index contributed by atoms with van der Waals surface area (Å²) in [7, 11) is 0. The molecule has 2 saturated carbocycles. The number of carbonyl (C=O) groups excluding carboxylic acids is 3. The van der Waals surface area contributed by atoms with Crippen LogP contribution >= 0.6 is 0 Å². The first-order valence-electron chi connectivity index (χ1n) is 18.9. The molecular formula is C41H51N7O5. The lowest BCUT2D eigenvalue weighted by molar-refractivity contribution is -0.124. The van der Waals surface area contributed by atoms with Gasteiger partial charge >= 0.3 is 0 Å². The summed E-state index contributed by atoms with van der Waals surface area (Å²) in [5, 5.41) is 13.5. The first kappa shape index (κ1) is 37.7. The Bertz CT molecular complexity index is 1780. The summed E-state index contributed by atoms with van der Waals surface area (Å²) in [6.07, 6.45) is 13.2. The fourth-order valence-corrected chi connectivity index (χ4v) is 7.21. The first-order chi connectivity index (χ1) is 25.9. The van der Waals surface area contributed by atoms with E-state index < -0.39 is 11.8 Å². The lowest BCUT2D eigenvalue weighted by Gasteiger charge is -2.33. The molecule has 2 aromatic heterocycles. The molecule has 2 fully saturated rings. The Morgan fingerprint density at radius 2 is 1.49 bits per heavy atom. The van der Waals surface area contributed by atoms with Crippen molar-refractivity contribution >= 4 is 17.7 Å². The minimum absolute atomic E-state index is 0.0552. The van der Waals surface area contributed by atoms with Crippen molar-refractivity contribution in [3.05, 3.63) is 120 Å². The number of rotatable bonds is 17. The average Bonchev–Trinajstić information content (AvgIpc) is 3.87.